The van der Waals surface area contributed by atoms with Crippen LogP contribution in [0.15, 0.2) is 29.4 Å². The van der Waals surface area contributed by atoms with Gasteiger partial charge in [-0.3, -0.25) is 10.1 Å². The normalized spacial score (nSPS) is 12.2. The molecule has 3 aromatic rings. The van der Waals surface area contributed by atoms with E-state index in [1.165, 1.54) is 23.1 Å². The minimum absolute atomic E-state index is 0.169. The first-order valence-electron chi connectivity index (χ1n) is 9.40. The maximum Gasteiger partial charge on any atom is 0.236 e. The van der Waals surface area contributed by atoms with E-state index in [1.807, 2.05) is 36.6 Å². The Hall–Kier alpha value is -2.17. The fourth-order valence-electron chi connectivity index (χ4n) is 2.66. The zero-order valence-corrected chi connectivity index (χ0v) is 19.5. The van der Waals surface area contributed by atoms with Crippen LogP contribution in [0.5, 0.6) is 5.75 Å². The van der Waals surface area contributed by atoms with Gasteiger partial charge in [-0.1, -0.05) is 60.7 Å². The number of aryl methyl sites for hydroxylation is 1. The summed E-state index contributed by atoms with van der Waals surface area (Å²) in [5.41, 5.74) is 0. The van der Waals surface area contributed by atoms with Gasteiger partial charge < -0.3 is 9.30 Å². The van der Waals surface area contributed by atoms with E-state index in [4.69, 9.17) is 16.3 Å². The predicted molar refractivity (Wildman–Crippen MR) is 119 cm³/mol. The van der Waals surface area contributed by atoms with Crippen molar-refractivity contribution in [2.24, 2.45) is 5.92 Å². The number of carbonyl (C=O) groups excluding carboxylic acids is 1. The molecule has 160 valence electrons. The van der Waals surface area contributed by atoms with E-state index in [9.17, 15) is 4.79 Å². The molecule has 0 radical (unpaired) electrons. The highest BCUT2D eigenvalue weighted by Gasteiger charge is 2.21. The standard InChI is InChI=1S/C19H23ClN6O2S2/c1-11(2)9-26-17(12(3)28-15-8-6-5-7-14(15)20)23-25-19(26)29-10-16(27)21-18-24-22-13(4)30-18/h5-8,11-12H,9-10H2,1-4H3,(H,21,24,27). The van der Waals surface area contributed by atoms with Crippen molar-refractivity contribution >= 4 is 45.7 Å². The van der Waals surface area contributed by atoms with Gasteiger partial charge in [0.05, 0.1) is 10.8 Å². The van der Waals surface area contributed by atoms with Crippen molar-refractivity contribution in [1.29, 1.82) is 0 Å². The van der Waals surface area contributed by atoms with E-state index >= 15 is 0 Å². The molecule has 8 nitrogen and oxygen atoms in total. The van der Waals surface area contributed by atoms with Gasteiger partial charge in [0.2, 0.25) is 11.0 Å². The zero-order chi connectivity index (χ0) is 21.7. The minimum atomic E-state index is -0.358. The predicted octanol–water partition coefficient (Wildman–Crippen LogP) is 4.62. The average Bonchev–Trinajstić information content (AvgIpc) is 3.27. The Labute approximate surface area is 188 Å². The third-order valence-electron chi connectivity index (χ3n) is 3.90. The van der Waals surface area contributed by atoms with E-state index in [0.717, 1.165) is 5.01 Å². The highest BCUT2D eigenvalue weighted by atomic mass is 35.5. The molecule has 1 unspecified atom stereocenters. The lowest BCUT2D eigenvalue weighted by atomic mass is 10.2. The molecule has 11 heteroatoms. The van der Waals surface area contributed by atoms with Crippen molar-refractivity contribution in [3.63, 3.8) is 0 Å². The number of hydrogen-bond acceptors (Lipinski definition) is 8. The molecular weight excluding hydrogens is 444 g/mol. The van der Waals surface area contributed by atoms with Crippen LogP contribution in [-0.4, -0.2) is 36.6 Å². The van der Waals surface area contributed by atoms with E-state index in [2.05, 4.69) is 39.6 Å². The average molecular weight is 467 g/mol. The lowest BCUT2D eigenvalue weighted by Gasteiger charge is -2.18. The van der Waals surface area contributed by atoms with Gasteiger partial charge in [-0.25, -0.2) is 0 Å². The van der Waals surface area contributed by atoms with Crippen LogP contribution >= 0.6 is 34.7 Å². The third kappa shape index (κ3) is 5.93. The van der Waals surface area contributed by atoms with Gasteiger partial charge in [0.25, 0.3) is 0 Å². The quantitative estimate of drug-likeness (QED) is 0.460. The number of para-hydroxylation sites is 1. The highest BCUT2D eigenvalue weighted by Crippen LogP contribution is 2.30. The second kappa shape index (κ2) is 10.2. The Balaban J connectivity index is 1.71. The maximum atomic E-state index is 12.3. The summed E-state index contributed by atoms with van der Waals surface area (Å²) in [4.78, 5) is 12.3. The fourth-order valence-corrected chi connectivity index (χ4v) is 4.20. The van der Waals surface area contributed by atoms with Crippen LogP contribution < -0.4 is 10.1 Å². The SMILES string of the molecule is Cc1nnc(NC(=O)CSc2nnc(C(C)Oc3ccccc3Cl)n2CC(C)C)s1. The largest absolute Gasteiger partial charge is 0.481 e. The van der Waals surface area contributed by atoms with Crippen molar-refractivity contribution in [1.82, 2.24) is 25.0 Å². The molecule has 1 atom stereocenters. The number of rotatable bonds is 9. The van der Waals surface area contributed by atoms with Gasteiger partial charge >= 0.3 is 0 Å². The van der Waals surface area contributed by atoms with E-state index in [-0.39, 0.29) is 17.8 Å². The summed E-state index contributed by atoms with van der Waals surface area (Å²) in [5, 5.41) is 21.7. The number of carbonyl (C=O) groups is 1. The van der Waals surface area contributed by atoms with Crippen LogP contribution in [0.4, 0.5) is 5.13 Å². The number of benzene rings is 1. The van der Waals surface area contributed by atoms with Gasteiger partial charge in [-0.2, -0.15) is 0 Å². The lowest BCUT2D eigenvalue weighted by Crippen LogP contribution is -2.17. The summed E-state index contributed by atoms with van der Waals surface area (Å²) in [5.74, 6) is 1.66. The molecule has 0 saturated carbocycles. The number of thioether (sulfide) groups is 1. The lowest BCUT2D eigenvalue weighted by molar-refractivity contribution is -0.113. The van der Waals surface area contributed by atoms with Crippen molar-refractivity contribution in [2.75, 3.05) is 11.1 Å². The molecule has 0 aliphatic heterocycles. The number of nitrogens with one attached hydrogen (secondary N) is 1. The van der Waals surface area contributed by atoms with Gasteiger partial charge in [0, 0.05) is 6.54 Å². The van der Waals surface area contributed by atoms with Gasteiger partial charge in [-0.05, 0) is 31.9 Å². The first kappa shape index (κ1) is 22.5. The minimum Gasteiger partial charge on any atom is -0.481 e. The number of nitrogens with zero attached hydrogens (tertiary/aromatic N) is 5. The molecule has 1 aromatic carbocycles. The molecule has 1 N–H and O–H groups in total. The number of anilines is 1. The number of hydrogen-bond donors (Lipinski definition) is 1. The molecule has 0 fully saturated rings. The molecule has 2 aromatic heterocycles. The summed E-state index contributed by atoms with van der Waals surface area (Å²) < 4.78 is 8.02. The molecular formula is C19H23ClN6O2S2. The number of halogens is 1. The Morgan fingerprint density at radius 1 is 1.23 bits per heavy atom. The highest BCUT2D eigenvalue weighted by molar-refractivity contribution is 7.99. The second-order valence-corrected chi connectivity index (χ2v) is 9.53. The molecule has 2 heterocycles. The molecule has 3 rings (SSSR count). The molecule has 0 aliphatic carbocycles. The Bertz CT molecular complexity index is 1010. The Morgan fingerprint density at radius 2 is 2.00 bits per heavy atom. The number of ether oxygens (including phenoxy) is 1. The van der Waals surface area contributed by atoms with Crippen LogP contribution in [0.25, 0.3) is 0 Å². The van der Waals surface area contributed by atoms with Gasteiger partial charge in [0.1, 0.15) is 10.8 Å². The zero-order valence-electron chi connectivity index (χ0n) is 17.1. The molecule has 0 spiro atoms. The van der Waals surface area contributed by atoms with Crippen molar-refractivity contribution in [3.8, 4) is 5.75 Å². The number of amides is 1. The van der Waals surface area contributed by atoms with Crippen molar-refractivity contribution < 1.29 is 9.53 Å². The summed E-state index contributed by atoms with van der Waals surface area (Å²) in [6.07, 6.45) is -0.358. The molecule has 0 saturated heterocycles. The van der Waals surface area contributed by atoms with Crippen LogP contribution in [0, 0.1) is 12.8 Å². The van der Waals surface area contributed by atoms with Crippen molar-refractivity contribution in [3.05, 3.63) is 40.1 Å². The second-order valence-electron chi connectivity index (χ2n) is 7.00. The summed E-state index contributed by atoms with van der Waals surface area (Å²) >= 11 is 8.87. The topological polar surface area (TPSA) is 94.8 Å². The maximum absolute atomic E-state index is 12.3. The first-order valence-corrected chi connectivity index (χ1v) is 11.6. The summed E-state index contributed by atoms with van der Waals surface area (Å²) in [6.45, 7) is 8.68. The summed E-state index contributed by atoms with van der Waals surface area (Å²) in [6, 6.07) is 7.31. The van der Waals surface area contributed by atoms with Crippen LogP contribution in [0.1, 0.15) is 37.7 Å². The van der Waals surface area contributed by atoms with E-state index < -0.39 is 0 Å². The smallest absolute Gasteiger partial charge is 0.236 e. The van der Waals surface area contributed by atoms with E-state index in [0.29, 0.717) is 39.3 Å². The van der Waals surface area contributed by atoms with Crippen LogP contribution in [-0.2, 0) is 11.3 Å². The monoisotopic (exact) mass is 466 g/mol. The molecule has 0 bridgehead atoms. The first-order chi connectivity index (χ1) is 14.3. The number of aromatic nitrogens is 5. The fraction of sp³-hybridized carbons (Fsp3) is 0.421. The Morgan fingerprint density at radius 3 is 2.67 bits per heavy atom. The molecule has 30 heavy (non-hydrogen) atoms. The molecule has 0 aliphatic rings. The van der Waals surface area contributed by atoms with E-state index in [1.54, 1.807) is 6.07 Å². The third-order valence-corrected chi connectivity index (χ3v) is 5.94. The van der Waals surface area contributed by atoms with Gasteiger partial charge in [-0.15, -0.1) is 20.4 Å². The Kier molecular flexibility index (Phi) is 7.68. The molecule has 1 amide bonds. The van der Waals surface area contributed by atoms with Gasteiger partial charge in [0.15, 0.2) is 17.1 Å². The van der Waals surface area contributed by atoms with Crippen LogP contribution in [0.3, 0.4) is 0 Å². The van der Waals surface area contributed by atoms with Crippen LogP contribution in [0.2, 0.25) is 5.02 Å². The summed E-state index contributed by atoms with van der Waals surface area (Å²) in [7, 11) is 0. The van der Waals surface area contributed by atoms with Crippen molar-refractivity contribution in [2.45, 2.75) is 45.5 Å².